The lowest BCUT2D eigenvalue weighted by molar-refractivity contribution is 0.254. The number of rotatable bonds is 5. The molecule has 2 N–H and O–H groups in total. The van der Waals surface area contributed by atoms with Crippen LogP contribution in [0.2, 0.25) is 0 Å². The number of aromatic nitrogens is 2. The zero-order valence-electron chi connectivity index (χ0n) is 14.0. The Morgan fingerprint density at radius 1 is 1.44 bits per heavy atom. The number of oxime groups is 1. The molecule has 1 aliphatic heterocycles. The molecule has 2 aliphatic rings. The standard InChI is InChI=1S/C16H20BN3O4S/c1-2-5-25(22,23)9-10-6-11(7-10)15-14-12-3-4-18-16(12)19-8-13(14)17(21)24-20-15/h3-4,8,10-11,21H,2,5-7,9H2,1H3,(H,18,19). The van der Waals surface area contributed by atoms with E-state index in [0.717, 1.165) is 35.2 Å². The van der Waals surface area contributed by atoms with Crippen molar-refractivity contribution in [2.75, 3.05) is 11.5 Å². The quantitative estimate of drug-likeness (QED) is 0.768. The fraction of sp³-hybridized carbons (Fsp3) is 0.500. The summed E-state index contributed by atoms with van der Waals surface area (Å²) in [5, 5.41) is 15.1. The van der Waals surface area contributed by atoms with Gasteiger partial charge in [-0.05, 0) is 31.2 Å². The molecule has 132 valence electrons. The molecule has 4 rings (SSSR count). The highest BCUT2D eigenvalue weighted by atomic mass is 32.2. The smallest absolute Gasteiger partial charge is 0.427 e. The number of H-pyrrole nitrogens is 1. The van der Waals surface area contributed by atoms with Gasteiger partial charge in [-0.25, -0.2) is 13.4 Å². The predicted molar refractivity (Wildman–Crippen MR) is 96.5 cm³/mol. The second-order valence-electron chi connectivity index (χ2n) is 6.91. The van der Waals surface area contributed by atoms with Crippen LogP contribution in [0, 0.1) is 11.8 Å². The van der Waals surface area contributed by atoms with E-state index in [9.17, 15) is 13.4 Å². The van der Waals surface area contributed by atoms with Gasteiger partial charge in [0.25, 0.3) is 0 Å². The van der Waals surface area contributed by atoms with Gasteiger partial charge in [0.15, 0.2) is 9.84 Å². The predicted octanol–water partition coefficient (Wildman–Crippen LogP) is 0.836. The molecule has 0 radical (unpaired) electrons. The van der Waals surface area contributed by atoms with Crippen LogP contribution in [-0.2, 0) is 14.6 Å². The molecule has 0 amide bonds. The van der Waals surface area contributed by atoms with E-state index in [-0.39, 0.29) is 23.3 Å². The number of aromatic amines is 1. The summed E-state index contributed by atoms with van der Waals surface area (Å²) in [6, 6.07) is 1.91. The Balaban J connectivity index is 1.57. The summed E-state index contributed by atoms with van der Waals surface area (Å²) in [6.07, 6.45) is 5.61. The van der Waals surface area contributed by atoms with E-state index >= 15 is 0 Å². The van der Waals surface area contributed by atoms with Crippen LogP contribution in [-0.4, -0.2) is 47.7 Å². The van der Waals surface area contributed by atoms with Gasteiger partial charge in [-0.15, -0.1) is 5.16 Å². The molecule has 7 nitrogen and oxygen atoms in total. The molecule has 1 aliphatic carbocycles. The van der Waals surface area contributed by atoms with Crippen LogP contribution in [0.5, 0.6) is 0 Å². The molecule has 0 spiro atoms. The normalized spacial score (nSPS) is 23.0. The van der Waals surface area contributed by atoms with Gasteiger partial charge in [-0.2, -0.15) is 0 Å². The highest BCUT2D eigenvalue weighted by Crippen LogP contribution is 2.39. The third-order valence-electron chi connectivity index (χ3n) is 5.02. The Morgan fingerprint density at radius 2 is 2.24 bits per heavy atom. The van der Waals surface area contributed by atoms with E-state index in [1.165, 1.54) is 0 Å². The minimum atomic E-state index is -2.97. The molecular weight excluding hydrogens is 341 g/mol. The summed E-state index contributed by atoms with van der Waals surface area (Å²) in [7, 11) is -4.09. The van der Waals surface area contributed by atoms with Gasteiger partial charge in [0.2, 0.25) is 0 Å². The lowest BCUT2D eigenvalue weighted by Gasteiger charge is -2.37. The molecule has 9 heteroatoms. The average molecular weight is 361 g/mol. The van der Waals surface area contributed by atoms with Gasteiger partial charge in [0, 0.05) is 40.5 Å². The topological polar surface area (TPSA) is 105 Å². The molecule has 0 saturated heterocycles. The van der Waals surface area contributed by atoms with Crippen molar-refractivity contribution >= 4 is 39.2 Å². The number of fused-ring (bicyclic) bond motifs is 3. The molecule has 1 fully saturated rings. The van der Waals surface area contributed by atoms with Crippen LogP contribution in [0.4, 0.5) is 0 Å². The van der Waals surface area contributed by atoms with Crippen molar-refractivity contribution in [3.63, 3.8) is 0 Å². The molecule has 2 aromatic heterocycles. The number of hydrogen-bond acceptors (Lipinski definition) is 6. The summed E-state index contributed by atoms with van der Waals surface area (Å²) in [5.41, 5.74) is 3.00. The van der Waals surface area contributed by atoms with Gasteiger partial charge in [-0.1, -0.05) is 6.92 Å². The maximum absolute atomic E-state index is 12.0. The van der Waals surface area contributed by atoms with Crippen LogP contribution in [0.15, 0.2) is 23.6 Å². The highest BCUT2D eigenvalue weighted by molar-refractivity contribution is 7.91. The first-order chi connectivity index (χ1) is 12.0. The largest absolute Gasteiger partial charge is 0.585 e. The Labute approximate surface area is 146 Å². The summed E-state index contributed by atoms with van der Waals surface area (Å²) in [6.45, 7) is 1.88. The fourth-order valence-corrected chi connectivity index (χ4v) is 5.61. The van der Waals surface area contributed by atoms with Crippen LogP contribution < -0.4 is 5.46 Å². The monoisotopic (exact) mass is 361 g/mol. The van der Waals surface area contributed by atoms with E-state index in [1.807, 2.05) is 13.0 Å². The molecule has 1 saturated carbocycles. The minimum Gasteiger partial charge on any atom is -0.427 e. The molecular formula is C16H20BN3O4S. The van der Waals surface area contributed by atoms with Crippen molar-refractivity contribution in [3.8, 4) is 0 Å². The lowest BCUT2D eigenvalue weighted by atomic mass is 9.67. The Bertz CT molecular complexity index is 934. The van der Waals surface area contributed by atoms with Crippen molar-refractivity contribution in [2.45, 2.75) is 26.2 Å². The second kappa shape index (κ2) is 6.14. The first-order valence-corrected chi connectivity index (χ1v) is 10.4. The summed E-state index contributed by atoms with van der Waals surface area (Å²) >= 11 is 0. The fourth-order valence-electron chi connectivity index (χ4n) is 3.83. The molecule has 0 unspecified atom stereocenters. The first-order valence-electron chi connectivity index (χ1n) is 8.57. The van der Waals surface area contributed by atoms with E-state index in [0.29, 0.717) is 11.9 Å². The van der Waals surface area contributed by atoms with Crippen molar-refractivity contribution < 1.29 is 18.2 Å². The van der Waals surface area contributed by atoms with Gasteiger partial charge in [0.1, 0.15) is 5.65 Å². The van der Waals surface area contributed by atoms with Crippen molar-refractivity contribution in [2.24, 2.45) is 17.0 Å². The molecule has 0 bridgehead atoms. The third kappa shape index (κ3) is 2.95. The number of sulfone groups is 1. The van der Waals surface area contributed by atoms with Crippen molar-refractivity contribution in [1.29, 1.82) is 0 Å². The van der Waals surface area contributed by atoms with Crippen LogP contribution in [0.25, 0.3) is 11.0 Å². The van der Waals surface area contributed by atoms with Crippen LogP contribution in [0.3, 0.4) is 0 Å². The van der Waals surface area contributed by atoms with Gasteiger partial charge in [0.05, 0.1) is 11.5 Å². The Kier molecular flexibility index (Phi) is 4.07. The maximum atomic E-state index is 12.0. The molecule has 25 heavy (non-hydrogen) atoms. The Morgan fingerprint density at radius 3 is 3.00 bits per heavy atom. The molecule has 3 heterocycles. The molecule has 0 aromatic carbocycles. The van der Waals surface area contributed by atoms with Gasteiger partial charge < -0.3 is 14.8 Å². The Hall–Kier alpha value is -1.87. The molecule has 0 atom stereocenters. The number of nitrogens with one attached hydrogen (secondary N) is 1. The van der Waals surface area contributed by atoms with E-state index in [4.69, 9.17) is 4.76 Å². The third-order valence-corrected chi connectivity index (χ3v) is 7.03. The summed E-state index contributed by atoms with van der Waals surface area (Å²) in [4.78, 5) is 7.36. The average Bonchev–Trinajstić information content (AvgIpc) is 3.00. The lowest BCUT2D eigenvalue weighted by Crippen LogP contribution is -2.45. The first kappa shape index (κ1) is 16.6. The van der Waals surface area contributed by atoms with Crippen LogP contribution in [0.1, 0.15) is 31.7 Å². The number of pyridine rings is 1. The van der Waals surface area contributed by atoms with Gasteiger partial charge >= 0.3 is 7.12 Å². The van der Waals surface area contributed by atoms with E-state index in [2.05, 4.69) is 15.1 Å². The number of hydrogen-bond donors (Lipinski definition) is 2. The highest BCUT2D eigenvalue weighted by Gasteiger charge is 2.41. The van der Waals surface area contributed by atoms with E-state index in [1.54, 1.807) is 12.4 Å². The zero-order chi connectivity index (χ0) is 17.6. The SMILES string of the molecule is CCCS(=O)(=O)CC1CC(C2=NOB(O)c3cnc4[nH]ccc4c32)C1. The zero-order valence-corrected chi connectivity index (χ0v) is 14.8. The summed E-state index contributed by atoms with van der Waals surface area (Å²) in [5.74, 6) is 0.816. The van der Waals surface area contributed by atoms with Crippen molar-refractivity contribution in [1.82, 2.24) is 9.97 Å². The summed E-state index contributed by atoms with van der Waals surface area (Å²) < 4.78 is 29.1. The van der Waals surface area contributed by atoms with Crippen molar-refractivity contribution in [3.05, 3.63) is 24.0 Å². The second-order valence-corrected chi connectivity index (χ2v) is 9.14. The molecule has 2 aromatic rings. The van der Waals surface area contributed by atoms with Gasteiger partial charge in [-0.3, -0.25) is 0 Å². The number of nitrogens with zero attached hydrogens (tertiary/aromatic N) is 2. The maximum Gasteiger partial charge on any atom is 0.585 e. The van der Waals surface area contributed by atoms with Crippen LogP contribution >= 0.6 is 0 Å². The minimum absolute atomic E-state index is 0.147. The van der Waals surface area contributed by atoms with E-state index < -0.39 is 17.0 Å².